The lowest BCUT2D eigenvalue weighted by atomic mass is 9.98. The molecule has 170 valence electrons. The van der Waals surface area contributed by atoms with E-state index < -0.39 is 23.5 Å². The Morgan fingerprint density at radius 1 is 0.939 bits per heavy atom. The van der Waals surface area contributed by atoms with Gasteiger partial charge in [-0.2, -0.15) is 0 Å². The van der Waals surface area contributed by atoms with Crippen molar-refractivity contribution in [3.63, 3.8) is 0 Å². The van der Waals surface area contributed by atoms with Gasteiger partial charge in [-0.1, -0.05) is 30.3 Å². The molecular formula is C26H25NO6. The first-order valence-electron chi connectivity index (χ1n) is 10.7. The molecule has 0 bridgehead atoms. The van der Waals surface area contributed by atoms with E-state index >= 15 is 0 Å². The largest absolute Gasteiger partial charge is 0.480 e. The Hall–Kier alpha value is -3.87. The molecule has 7 nitrogen and oxygen atoms in total. The number of carboxylic acid groups (broad SMARTS) is 1. The highest BCUT2D eigenvalue weighted by molar-refractivity contribution is 6.00. The molecule has 33 heavy (non-hydrogen) atoms. The van der Waals surface area contributed by atoms with E-state index in [-0.39, 0.29) is 18.4 Å². The van der Waals surface area contributed by atoms with Crippen molar-refractivity contribution in [2.75, 3.05) is 0 Å². The summed E-state index contributed by atoms with van der Waals surface area (Å²) in [5.41, 5.74) is 3.85. The van der Waals surface area contributed by atoms with Crippen LogP contribution < -0.4 is 10.9 Å². The van der Waals surface area contributed by atoms with E-state index in [9.17, 15) is 19.5 Å². The van der Waals surface area contributed by atoms with Gasteiger partial charge in [0.25, 0.3) is 0 Å². The molecule has 1 unspecified atom stereocenters. The van der Waals surface area contributed by atoms with Crippen molar-refractivity contribution in [1.29, 1.82) is 0 Å². The van der Waals surface area contributed by atoms with Gasteiger partial charge in [-0.25, -0.2) is 9.59 Å². The summed E-state index contributed by atoms with van der Waals surface area (Å²) in [5, 5.41) is 13.7. The lowest BCUT2D eigenvalue weighted by Crippen LogP contribution is -2.43. The Morgan fingerprint density at radius 2 is 1.58 bits per heavy atom. The number of aryl methyl sites for hydroxylation is 4. The summed E-state index contributed by atoms with van der Waals surface area (Å²) in [4.78, 5) is 37.2. The summed E-state index contributed by atoms with van der Waals surface area (Å²) in [7, 11) is 0. The van der Waals surface area contributed by atoms with Crippen molar-refractivity contribution in [3.05, 3.63) is 80.4 Å². The Morgan fingerprint density at radius 3 is 2.24 bits per heavy atom. The molecule has 0 saturated heterocycles. The zero-order valence-corrected chi connectivity index (χ0v) is 18.9. The maximum absolute atomic E-state index is 12.8. The van der Waals surface area contributed by atoms with Crippen LogP contribution >= 0.6 is 0 Å². The molecule has 1 amide bonds. The minimum absolute atomic E-state index is 0.142. The van der Waals surface area contributed by atoms with Crippen LogP contribution in [0.5, 0.6) is 0 Å². The molecule has 7 heteroatoms. The van der Waals surface area contributed by atoms with E-state index in [1.807, 2.05) is 45.0 Å². The SMILES string of the molecule is Cc1oc2c(C)c3oc(=O)c(CC(=O)NC(Cc4ccccc4)C(=O)O)c(C)c3cc2c1C. The first-order chi connectivity index (χ1) is 15.7. The monoisotopic (exact) mass is 447 g/mol. The summed E-state index contributed by atoms with van der Waals surface area (Å²) < 4.78 is 11.4. The van der Waals surface area contributed by atoms with E-state index in [0.29, 0.717) is 16.7 Å². The number of hydrogen-bond acceptors (Lipinski definition) is 5. The van der Waals surface area contributed by atoms with Crippen LogP contribution in [0.25, 0.3) is 21.9 Å². The number of carbonyl (C=O) groups is 2. The normalized spacial score (nSPS) is 12.2. The summed E-state index contributed by atoms with van der Waals surface area (Å²) in [6.07, 6.45) is -0.132. The van der Waals surface area contributed by atoms with Crippen molar-refractivity contribution < 1.29 is 23.5 Å². The summed E-state index contributed by atoms with van der Waals surface area (Å²) in [6.45, 7) is 7.46. The van der Waals surface area contributed by atoms with E-state index in [1.54, 1.807) is 19.1 Å². The number of fused-ring (bicyclic) bond motifs is 2. The highest BCUT2D eigenvalue weighted by Crippen LogP contribution is 2.34. The van der Waals surface area contributed by atoms with Gasteiger partial charge in [0.05, 0.1) is 12.0 Å². The number of aliphatic carboxylic acids is 1. The van der Waals surface area contributed by atoms with Gasteiger partial charge in [0, 0.05) is 22.8 Å². The lowest BCUT2D eigenvalue weighted by molar-refractivity contribution is -0.141. The fourth-order valence-electron chi connectivity index (χ4n) is 4.15. The molecule has 2 N–H and O–H groups in total. The zero-order valence-electron chi connectivity index (χ0n) is 18.9. The fraction of sp³-hybridized carbons (Fsp3) is 0.269. The average molecular weight is 447 g/mol. The molecule has 0 aliphatic rings. The smallest absolute Gasteiger partial charge is 0.340 e. The number of furan rings is 1. The number of amides is 1. The molecule has 0 saturated carbocycles. The van der Waals surface area contributed by atoms with Crippen molar-refractivity contribution >= 4 is 33.8 Å². The highest BCUT2D eigenvalue weighted by atomic mass is 16.4. The predicted molar refractivity (Wildman–Crippen MR) is 125 cm³/mol. The fourth-order valence-corrected chi connectivity index (χ4v) is 4.15. The Labute approximate surface area is 190 Å². The second-order valence-corrected chi connectivity index (χ2v) is 8.36. The van der Waals surface area contributed by atoms with Crippen molar-refractivity contribution in [3.8, 4) is 0 Å². The van der Waals surface area contributed by atoms with Gasteiger partial charge < -0.3 is 19.3 Å². The van der Waals surface area contributed by atoms with Crippen LogP contribution in [0.3, 0.4) is 0 Å². The van der Waals surface area contributed by atoms with Crippen LogP contribution in [0.2, 0.25) is 0 Å². The second-order valence-electron chi connectivity index (χ2n) is 8.36. The van der Waals surface area contributed by atoms with Gasteiger partial charge in [0.15, 0.2) is 0 Å². The summed E-state index contributed by atoms with van der Waals surface area (Å²) in [5.74, 6) is -0.902. The molecule has 2 heterocycles. The third-order valence-electron chi connectivity index (χ3n) is 6.20. The molecule has 0 radical (unpaired) electrons. The van der Waals surface area contributed by atoms with E-state index in [2.05, 4.69) is 5.32 Å². The molecule has 0 aliphatic carbocycles. The van der Waals surface area contributed by atoms with Gasteiger partial charge >= 0.3 is 11.6 Å². The number of nitrogens with one attached hydrogen (secondary N) is 1. The third-order valence-corrected chi connectivity index (χ3v) is 6.20. The quantitative estimate of drug-likeness (QED) is 0.430. The summed E-state index contributed by atoms with van der Waals surface area (Å²) >= 11 is 0. The number of carboxylic acids is 1. The van der Waals surface area contributed by atoms with Crippen LogP contribution in [0, 0.1) is 27.7 Å². The minimum Gasteiger partial charge on any atom is -0.480 e. The van der Waals surface area contributed by atoms with Crippen molar-refractivity contribution in [2.45, 2.75) is 46.6 Å². The highest BCUT2D eigenvalue weighted by Gasteiger charge is 2.23. The molecule has 0 spiro atoms. The Kier molecular flexibility index (Phi) is 5.80. The molecule has 4 rings (SSSR count). The minimum atomic E-state index is -1.14. The van der Waals surface area contributed by atoms with E-state index in [4.69, 9.17) is 8.83 Å². The maximum atomic E-state index is 12.8. The van der Waals surface area contributed by atoms with Crippen LogP contribution in [0.1, 0.15) is 33.6 Å². The second kappa shape index (κ2) is 8.58. The van der Waals surface area contributed by atoms with Gasteiger partial charge in [-0.05, 0) is 50.5 Å². The van der Waals surface area contributed by atoms with Crippen LogP contribution in [0.15, 0.2) is 50.0 Å². The molecule has 2 aromatic carbocycles. The molecule has 0 aliphatic heterocycles. The Bertz CT molecular complexity index is 1450. The van der Waals surface area contributed by atoms with Crippen molar-refractivity contribution in [1.82, 2.24) is 5.32 Å². The van der Waals surface area contributed by atoms with Crippen molar-refractivity contribution in [2.24, 2.45) is 0 Å². The number of carbonyl (C=O) groups excluding carboxylic acids is 1. The molecule has 0 fully saturated rings. The topological polar surface area (TPSA) is 110 Å². The summed E-state index contributed by atoms with van der Waals surface area (Å²) in [6, 6.07) is 9.86. The number of rotatable bonds is 6. The molecular weight excluding hydrogens is 422 g/mol. The predicted octanol–water partition coefficient (Wildman–Crippen LogP) is 4.13. The van der Waals surface area contributed by atoms with E-state index in [0.717, 1.165) is 33.2 Å². The zero-order chi connectivity index (χ0) is 23.9. The molecule has 2 aromatic heterocycles. The Balaban J connectivity index is 1.67. The third kappa shape index (κ3) is 4.14. The van der Waals surface area contributed by atoms with Crippen LogP contribution in [-0.4, -0.2) is 23.0 Å². The first kappa shape index (κ1) is 22.3. The molecule has 1 atom stereocenters. The first-order valence-corrected chi connectivity index (χ1v) is 10.7. The average Bonchev–Trinajstić information content (AvgIpc) is 3.06. The van der Waals surface area contributed by atoms with Gasteiger partial charge in [0.2, 0.25) is 5.91 Å². The van der Waals surface area contributed by atoms with Gasteiger partial charge in [-0.3, -0.25) is 4.79 Å². The maximum Gasteiger partial charge on any atom is 0.340 e. The van der Waals surface area contributed by atoms with Gasteiger partial charge in [-0.15, -0.1) is 0 Å². The van der Waals surface area contributed by atoms with Gasteiger partial charge in [0.1, 0.15) is 23.0 Å². The lowest BCUT2D eigenvalue weighted by Gasteiger charge is -2.15. The van der Waals surface area contributed by atoms with Crippen LogP contribution in [-0.2, 0) is 22.4 Å². The standard InChI is InChI=1S/C26H25NO6/c1-13-16(4)32-23-15(3)24-19(11-18(13)23)14(2)20(26(31)33-24)12-22(28)27-21(25(29)30)10-17-8-6-5-7-9-17/h5-9,11,21H,10,12H2,1-4H3,(H,27,28)(H,29,30). The van der Waals surface area contributed by atoms with Crippen LogP contribution in [0.4, 0.5) is 0 Å². The number of benzene rings is 2. The molecule has 4 aromatic rings. The number of hydrogen-bond donors (Lipinski definition) is 2. The van der Waals surface area contributed by atoms with E-state index in [1.165, 1.54) is 0 Å².